The molecule has 1 aromatic carbocycles. The topological polar surface area (TPSA) is 20.3 Å². The van der Waals surface area contributed by atoms with E-state index in [1.54, 1.807) is 19.1 Å². The molecule has 80 valence electrons. The summed E-state index contributed by atoms with van der Waals surface area (Å²) in [6.07, 6.45) is 1.07. The molecule has 1 aromatic rings. The standard InChI is InChI=1S/C12H14FNO/c1-9-3-2-4-11(12(9)13)14-7-5-10(15)6-8-14/h2-4H,5-8H2,1H3. The molecule has 2 nitrogen and oxygen atoms in total. The van der Waals surface area contributed by atoms with Gasteiger partial charge in [0.25, 0.3) is 0 Å². The highest BCUT2D eigenvalue weighted by atomic mass is 19.1. The Kier molecular flexibility index (Phi) is 2.71. The molecule has 1 fully saturated rings. The normalized spacial score (nSPS) is 16.9. The SMILES string of the molecule is Cc1cccc(N2CCC(=O)CC2)c1F. The van der Waals surface area contributed by atoms with Gasteiger partial charge in [-0.3, -0.25) is 4.79 Å². The highest BCUT2D eigenvalue weighted by Crippen LogP contribution is 2.24. The first-order valence-corrected chi connectivity index (χ1v) is 5.20. The molecule has 0 saturated carbocycles. The molecule has 0 radical (unpaired) electrons. The Bertz CT molecular complexity index is 379. The summed E-state index contributed by atoms with van der Waals surface area (Å²) in [6, 6.07) is 5.39. The van der Waals surface area contributed by atoms with Crippen molar-refractivity contribution < 1.29 is 9.18 Å². The van der Waals surface area contributed by atoms with Crippen molar-refractivity contribution in [3.05, 3.63) is 29.6 Å². The van der Waals surface area contributed by atoms with Gasteiger partial charge in [-0.1, -0.05) is 12.1 Å². The summed E-state index contributed by atoms with van der Waals surface area (Å²) < 4.78 is 13.8. The minimum Gasteiger partial charge on any atom is -0.368 e. The lowest BCUT2D eigenvalue weighted by atomic mass is 10.1. The van der Waals surface area contributed by atoms with E-state index in [0.29, 0.717) is 37.2 Å². The van der Waals surface area contributed by atoms with Crippen molar-refractivity contribution in [3.8, 4) is 0 Å². The second-order valence-electron chi connectivity index (χ2n) is 3.93. The Hall–Kier alpha value is -1.38. The van der Waals surface area contributed by atoms with Crippen LogP contribution in [0.25, 0.3) is 0 Å². The van der Waals surface area contributed by atoms with Crippen LogP contribution in [0.1, 0.15) is 18.4 Å². The van der Waals surface area contributed by atoms with Crippen LogP contribution in [0.15, 0.2) is 18.2 Å². The fourth-order valence-corrected chi connectivity index (χ4v) is 1.87. The lowest BCUT2D eigenvalue weighted by Gasteiger charge is -2.28. The number of ketones is 1. The van der Waals surface area contributed by atoms with Gasteiger partial charge in [-0.2, -0.15) is 0 Å². The van der Waals surface area contributed by atoms with Gasteiger partial charge < -0.3 is 4.90 Å². The van der Waals surface area contributed by atoms with Crippen LogP contribution in [0.3, 0.4) is 0 Å². The average molecular weight is 207 g/mol. The monoisotopic (exact) mass is 207 g/mol. The van der Waals surface area contributed by atoms with Gasteiger partial charge in [-0.15, -0.1) is 0 Å². The van der Waals surface area contributed by atoms with Crippen LogP contribution in [-0.2, 0) is 4.79 Å². The molecule has 0 aliphatic carbocycles. The summed E-state index contributed by atoms with van der Waals surface area (Å²) in [6.45, 7) is 3.03. The molecule has 2 rings (SSSR count). The van der Waals surface area contributed by atoms with Gasteiger partial charge in [-0.05, 0) is 18.6 Å². The molecule has 0 atom stereocenters. The molecular formula is C12H14FNO. The third kappa shape index (κ3) is 2.01. The van der Waals surface area contributed by atoms with Crippen LogP contribution in [-0.4, -0.2) is 18.9 Å². The molecule has 3 heteroatoms. The molecule has 0 bridgehead atoms. The number of piperidine rings is 1. The number of halogens is 1. The Morgan fingerprint density at radius 2 is 1.93 bits per heavy atom. The van der Waals surface area contributed by atoms with Gasteiger partial charge in [0.1, 0.15) is 11.6 Å². The minimum atomic E-state index is -0.160. The third-order valence-electron chi connectivity index (χ3n) is 2.83. The predicted molar refractivity (Wildman–Crippen MR) is 57.6 cm³/mol. The molecule has 1 saturated heterocycles. The first-order chi connectivity index (χ1) is 7.18. The number of nitrogens with zero attached hydrogens (tertiary/aromatic N) is 1. The van der Waals surface area contributed by atoms with E-state index < -0.39 is 0 Å². The first kappa shape index (κ1) is 10.1. The van der Waals surface area contributed by atoms with Crippen LogP contribution < -0.4 is 4.90 Å². The van der Waals surface area contributed by atoms with E-state index in [4.69, 9.17) is 0 Å². The van der Waals surface area contributed by atoms with Crippen molar-refractivity contribution in [2.24, 2.45) is 0 Å². The summed E-state index contributed by atoms with van der Waals surface area (Å²) in [7, 11) is 0. The van der Waals surface area contributed by atoms with E-state index in [0.717, 1.165) is 0 Å². The van der Waals surface area contributed by atoms with Gasteiger partial charge in [0, 0.05) is 25.9 Å². The number of hydrogen-bond acceptors (Lipinski definition) is 2. The minimum absolute atomic E-state index is 0.160. The Morgan fingerprint density at radius 1 is 1.27 bits per heavy atom. The zero-order valence-corrected chi connectivity index (χ0v) is 8.79. The van der Waals surface area contributed by atoms with Crippen LogP contribution in [0.5, 0.6) is 0 Å². The Labute approximate surface area is 88.7 Å². The van der Waals surface area contributed by atoms with Gasteiger partial charge in [0.15, 0.2) is 0 Å². The lowest BCUT2D eigenvalue weighted by Crippen LogP contribution is -2.34. The van der Waals surface area contributed by atoms with Crippen molar-refractivity contribution in [1.29, 1.82) is 0 Å². The second-order valence-corrected chi connectivity index (χ2v) is 3.93. The molecule has 0 amide bonds. The van der Waals surface area contributed by atoms with E-state index in [1.165, 1.54) is 0 Å². The van der Waals surface area contributed by atoms with Crippen LogP contribution >= 0.6 is 0 Å². The van der Waals surface area contributed by atoms with Crippen molar-refractivity contribution in [2.45, 2.75) is 19.8 Å². The van der Waals surface area contributed by atoms with E-state index in [2.05, 4.69) is 0 Å². The number of aryl methyl sites for hydroxylation is 1. The Balaban J connectivity index is 2.22. The summed E-state index contributed by atoms with van der Waals surface area (Å²) in [5.41, 5.74) is 1.28. The third-order valence-corrected chi connectivity index (χ3v) is 2.83. The summed E-state index contributed by atoms with van der Waals surface area (Å²) in [5, 5.41) is 0. The highest BCUT2D eigenvalue weighted by Gasteiger charge is 2.19. The maximum absolute atomic E-state index is 13.8. The number of hydrogen-bond donors (Lipinski definition) is 0. The number of carbonyl (C=O) groups is 1. The van der Waals surface area contributed by atoms with Gasteiger partial charge >= 0.3 is 0 Å². The van der Waals surface area contributed by atoms with E-state index in [-0.39, 0.29) is 11.6 Å². The van der Waals surface area contributed by atoms with Crippen molar-refractivity contribution in [3.63, 3.8) is 0 Å². The molecule has 1 aliphatic rings. The van der Waals surface area contributed by atoms with E-state index in [1.807, 2.05) is 11.0 Å². The van der Waals surface area contributed by atoms with Gasteiger partial charge in [0.05, 0.1) is 5.69 Å². The first-order valence-electron chi connectivity index (χ1n) is 5.20. The maximum Gasteiger partial charge on any atom is 0.149 e. The molecule has 15 heavy (non-hydrogen) atoms. The van der Waals surface area contributed by atoms with Crippen molar-refractivity contribution in [2.75, 3.05) is 18.0 Å². The van der Waals surface area contributed by atoms with Gasteiger partial charge in [-0.25, -0.2) is 4.39 Å². The number of Topliss-reactive ketones (excluding diaryl/α,β-unsaturated/α-hetero) is 1. The number of anilines is 1. The highest BCUT2D eigenvalue weighted by molar-refractivity contribution is 5.81. The number of rotatable bonds is 1. The van der Waals surface area contributed by atoms with E-state index in [9.17, 15) is 9.18 Å². The number of carbonyl (C=O) groups excluding carboxylic acids is 1. The van der Waals surface area contributed by atoms with E-state index >= 15 is 0 Å². The lowest BCUT2D eigenvalue weighted by molar-refractivity contribution is -0.119. The maximum atomic E-state index is 13.8. The second kappa shape index (κ2) is 4.01. The zero-order chi connectivity index (χ0) is 10.8. The summed E-state index contributed by atoms with van der Waals surface area (Å²) >= 11 is 0. The van der Waals surface area contributed by atoms with Crippen LogP contribution in [0.4, 0.5) is 10.1 Å². The molecule has 1 aliphatic heterocycles. The quantitative estimate of drug-likeness (QED) is 0.704. The van der Waals surface area contributed by atoms with Crippen molar-refractivity contribution in [1.82, 2.24) is 0 Å². The predicted octanol–water partition coefficient (Wildman–Crippen LogP) is 2.30. The molecule has 0 N–H and O–H groups in total. The van der Waals surface area contributed by atoms with Crippen molar-refractivity contribution >= 4 is 11.5 Å². The van der Waals surface area contributed by atoms with Crippen LogP contribution in [0, 0.1) is 12.7 Å². The summed E-state index contributed by atoms with van der Waals surface area (Å²) in [5.74, 6) is 0.117. The summed E-state index contributed by atoms with van der Waals surface area (Å²) in [4.78, 5) is 13.0. The zero-order valence-electron chi connectivity index (χ0n) is 8.79. The Morgan fingerprint density at radius 3 is 2.60 bits per heavy atom. The average Bonchev–Trinajstić information content (AvgIpc) is 2.24. The molecule has 0 spiro atoms. The fraction of sp³-hybridized carbons (Fsp3) is 0.417. The molecule has 1 heterocycles. The largest absolute Gasteiger partial charge is 0.368 e. The molecular weight excluding hydrogens is 193 g/mol. The van der Waals surface area contributed by atoms with Gasteiger partial charge in [0.2, 0.25) is 0 Å². The molecule has 0 unspecified atom stereocenters. The molecule has 0 aromatic heterocycles. The van der Waals surface area contributed by atoms with Crippen LogP contribution in [0.2, 0.25) is 0 Å². The smallest absolute Gasteiger partial charge is 0.149 e. The fourth-order valence-electron chi connectivity index (χ4n) is 1.87. The number of benzene rings is 1.